The highest BCUT2D eigenvalue weighted by atomic mass is 35.7. The fourth-order valence-corrected chi connectivity index (χ4v) is 1.70. The van der Waals surface area contributed by atoms with E-state index >= 15 is 0 Å². The van der Waals surface area contributed by atoms with Gasteiger partial charge in [0.15, 0.2) is 0 Å². The van der Waals surface area contributed by atoms with Crippen molar-refractivity contribution in [2.24, 2.45) is 7.05 Å². The lowest BCUT2D eigenvalue weighted by molar-refractivity contribution is -1.92. The molecule has 2 aromatic rings. The largest absolute Gasteiger partial charge is 0.496 e. The van der Waals surface area contributed by atoms with Crippen LogP contribution in [0.3, 0.4) is 0 Å². The van der Waals surface area contributed by atoms with E-state index in [1.165, 1.54) is 10.6 Å². The Labute approximate surface area is 128 Å². The number of aryl methyl sites for hydroxylation is 1. The molecular formula is C12H16ClN3O6. The Kier molecular flexibility index (Phi) is 5.69. The van der Waals surface area contributed by atoms with Crippen molar-refractivity contribution in [2.45, 2.75) is 0 Å². The van der Waals surface area contributed by atoms with E-state index in [0.717, 1.165) is 11.2 Å². The van der Waals surface area contributed by atoms with Crippen LogP contribution in [-0.4, -0.2) is 35.4 Å². The summed E-state index contributed by atoms with van der Waals surface area (Å²) in [5.41, 5.74) is 0.498. The number of methoxy groups -OCH3 is 1. The number of aromatic nitrogens is 2. The minimum absolute atomic E-state index is 0.127. The summed E-state index contributed by atoms with van der Waals surface area (Å²) in [6.07, 6.45) is 0. The number of nitrogens with zero attached hydrogens (tertiary/aromatic N) is 3. The first kappa shape index (κ1) is 18.1. The highest BCUT2D eigenvalue weighted by Crippen LogP contribution is 2.23. The summed E-state index contributed by atoms with van der Waals surface area (Å²) in [5.74, 6) is 1.36. The molecule has 0 fully saturated rings. The lowest BCUT2D eigenvalue weighted by Gasteiger charge is -2.14. The molecule has 0 bridgehead atoms. The number of ether oxygens (including phenoxy) is 1. The van der Waals surface area contributed by atoms with Gasteiger partial charge in [-0.3, -0.25) is 9.36 Å². The van der Waals surface area contributed by atoms with Crippen LogP contribution in [-0.2, 0) is 7.05 Å². The predicted octanol–water partition coefficient (Wildman–Crippen LogP) is -3.12. The first-order valence-electron chi connectivity index (χ1n) is 5.90. The number of anilines is 1. The molecule has 0 aliphatic heterocycles. The molecule has 0 spiro atoms. The normalized spacial score (nSPS) is 10.9. The highest BCUT2D eigenvalue weighted by Gasteiger charge is 2.09. The Hall–Kier alpha value is -1.91. The van der Waals surface area contributed by atoms with E-state index in [1.807, 2.05) is 31.1 Å². The van der Waals surface area contributed by atoms with E-state index in [0.29, 0.717) is 11.4 Å². The number of halogens is 1. The summed E-state index contributed by atoms with van der Waals surface area (Å²) in [6.45, 7) is 0. The highest BCUT2D eigenvalue weighted by molar-refractivity contribution is 5.83. The van der Waals surface area contributed by atoms with Gasteiger partial charge in [-0.25, -0.2) is 4.98 Å². The number of hydrogen-bond donors (Lipinski definition) is 1. The summed E-state index contributed by atoms with van der Waals surface area (Å²) >= 11 is 0. The minimum atomic E-state index is -4.69. The van der Waals surface area contributed by atoms with Gasteiger partial charge in [-0.1, -0.05) is 0 Å². The van der Waals surface area contributed by atoms with Crippen LogP contribution in [0.1, 0.15) is 0 Å². The van der Waals surface area contributed by atoms with Gasteiger partial charge in [-0.05, 0) is 12.1 Å². The second-order valence-electron chi connectivity index (χ2n) is 4.44. The average molecular weight is 334 g/mol. The monoisotopic (exact) mass is 333 g/mol. The van der Waals surface area contributed by atoms with Gasteiger partial charge in [0.2, 0.25) is 0 Å². The molecule has 1 N–H and O–H groups in total. The van der Waals surface area contributed by atoms with Gasteiger partial charge in [0, 0.05) is 27.2 Å². The van der Waals surface area contributed by atoms with Crippen molar-refractivity contribution in [1.29, 1.82) is 0 Å². The van der Waals surface area contributed by atoms with Crippen LogP contribution < -0.4 is 29.2 Å². The zero-order valence-electron chi connectivity index (χ0n) is 12.4. The maximum atomic E-state index is 11.7. The van der Waals surface area contributed by atoms with Crippen LogP contribution in [0.5, 0.6) is 5.75 Å². The van der Waals surface area contributed by atoms with Crippen LogP contribution in [0.2, 0.25) is 0 Å². The molecule has 2 heterocycles. The molecule has 2 rings (SSSR count). The Balaban J connectivity index is 0.000000422. The Bertz CT molecular complexity index is 704. The fourth-order valence-electron chi connectivity index (χ4n) is 1.70. The third-order valence-electron chi connectivity index (χ3n) is 2.71. The van der Waals surface area contributed by atoms with Crippen molar-refractivity contribution in [1.82, 2.24) is 9.55 Å². The second-order valence-corrected chi connectivity index (χ2v) is 5.23. The van der Waals surface area contributed by atoms with Crippen LogP contribution in [0, 0.1) is 10.2 Å². The zero-order chi connectivity index (χ0) is 17.1. The molecular weight excluding hydrogens is 318 g/mol. The van der Waals surface area contributed by atoms with Gasteiger partial charge in [-0.2, -0.15) is 14.0 Å². The van der Waals surface area contributed by atoms with Crippen molar-refractivity contribution in [3.05, 3.63) is 28.6 Å². The van der Waals surface area contributed by atoms with E-state index in [4.69, 9.17) is 23.4 Å². The van der Waals surface area contributed by atoms with Crippen molar-refractivity contribution in [3.63, 3.8) is 0 Å². The topological polar surface area (TPSA) is 137 Å². The summed E-state index contributed by atoms with van der Waals surface area (Å²) in [5, 5.41) is 0.834. The van der Waals surface area contributed by atoms with Crippen molar-refractivity contribution >= 4 is 16.9 Å². The number of rotatable bonds is 2. The molecule has 0 radical (unpaired) electrons. The van der Waals surface area contributed by atoms with E-state index in [2.05, 4.69) is 4.98 Å². The fraction of sp³-hybridized carbons (Fsp3) is 0.333. The van der Waals surface area contributed by atoms with E-state index in [-0.39, 0.29) is 5.56 Å². The molecule has 0 saturated heterocycles. The average Bonchev–Trinajstić information content (AvgIpc) is 2.40. The minimum Gasteiger partial charge on any atom is -0.496 e. The summed E-state index contributed by atoms with van der Waals surface area (Å²) in [6, 6.07) is 5.28. The lowest BCUT2D eigenvalue weighted by atomic mass is 10.2. The molecule has 0 aliphatic carbocycles. The number of hydrogen-bond acceptors (Lipinski definition) is 8. The van der Waals surface area contributed by atoms with Gasteiger partial charge in [0.05, 0.1) is 27.4 Å². The first-order chi connectivity index (χ1) is 10.0. The van der Waals surface area contributed by atoms with Crippen LogP contribution >= 0.6 is 0 Å². The standard InChI is InChI=1S/C12H15N3O2.ClHO4/c1-14(2)10-6-5-8-9(17-4)7-11(16)15(3)12(8)13-10;2-1(3,4)5/h5-7H,1-4H3;(H,2,3,4,5). The molecule has 0 amide bonds. The van der Waals surface area contributed by atoms with Gasteiger partial charge in [0.1, 0.15) is 17.2 Å². The molecule has 0 atom stereocenters. The molecule has 0 aliphatic rings. The molecule has 22 heavy (non-hydrogen) atoms. The Morgan fingerprint density at radius 3 is 2.32 bits per heavy atom. The summed E-state index contributed by atoms with van der Waals surface area (Å²) < 4.78 is 39.4. The van der Waals surface area contributed by atoms with Gasteiger partial charge in [-0.15, -0.1) is 0 Å². The molecule has 9 nitrogen and oxygen atoms in total. The first-order valence-corrected chi connectivity index (χ1v) is 7.16. The van der Waals surface area contributed by atoms with Crippen molar-refractivity contribution in [3.8, 4) is 5.75 Å². The van der Waals surface area contributed by atoms with Crippen LogP contribution in [0.25, 0.3) is 11.0 Å². The number of fused-ring (bicyclic) bond motifs is 1. The molecule has 0 aromatic carbocycles. The van der Waals surface area contributed by atoms with E-state index < -0.39 is 10.2 Å². The Morgan fingerprint density at radius 1 is 1.32 bits per heavy atom. The third-order valence-corrected chi connectivity index (χ3v) is 2.71. The summed E-state index contributed by atoms with van der Waals surface area (Å²) in [7, 11) is 2.38. The molecule has 122 valence electrons. The van der Waals surface area contributed by atoms with Gasteiger partial charge >= 0.3 is 0 Å². The Morgan fingerprint density at radius 2 is 1.86 bits per heavy atom. The SMILES string of the molecule is COc1cc(=O)n(C)c2nc(N(C)C)ccc12.[O-][Cl+3]([O-])([O-])O. The molecule has 0 saturated carbocycles. The van der Waals surface area contributed by atoms with Crippen LogP contribution in [0.15, 0.2) is 23.0 Å². The molecule has 2 aromatic heterocycles. The maximum absolute atomic E-state index is 11.7. The molecule has 10 heteroatoms. The van der Waals surface area contributed by atoms with E-state index in [1.54, 1.807) is 14.2 Å². The van der Waals surface area contributed by atoms with Crippen molar-refractivity contribution < 1.29 is 33.6 Å². The second kappa shape index (κ2) is 6.90. The quantitative estimate of drug-likeness (QED) is 0.609. The lowest BCUT2D eigenvalue weighted by Crippen LogP contribution is -2.58. The predicted molar refractivity (Wildman–Crippen MR) is 70.1 cm³/mol. The van der Waals surface area contributed by atoms with E-state index in [9.17, 15) is 4.79 Å². The van der Waals surface area contributed by atoms with Gasteiger partial charge in [0.25, 0.3) is 5.56 Å². The summed E-state index contributed by atoms with van der Waals surface area (Å²) in [4.78, 5) is 18.1. The number of pyridine rings is 2. The smallest absolute Gasteiger partial charge is 0.255 e. The third kappa shape index (κ3) is 4.83. The zero-order valence-corrected chi connectivity index (χ0v) is 13.2. The molecule has 0 unspecified atom stereocenters. The van der Waals surface area contributed by atoms with Gasteiger partial charge < -0.3 is 9.64 Å². The van der Waals surface area contributed by atoms with Crippen LogP contribution in [0.4, 0.5) is 5.82 Å². The van der Waals surface area contributed by atoms with Crippen molar-refractivity contribution in [2.75, 3.05) is 26.1 Å². The maximum Gasteiger partial charge on any atom is 0.255 e.